The number of aryl methyl sites for hydroxylation is 1. The van der Waals surface area contributed by atoms with Crippen LogP contribution in [0.2, 0.25) is 0 Å². The molecule has 0 aromatic heterocycles. The van der Waals surface area contributed by atoms with Gasteiger partial charge < -0.3 is 4.84 Å². The number of benzene rings is 2. The summed E-state index contributed by atoms with van der Waals surface area (Å²) in [5.74, 6) is 0. The quantitative estimate of drug-likeness (QED) is 0.333. The minimum Gasteiger partial charge on any atom is -0.391 e. The zero-order valence-corrected chi connectivity index (χ0v) is 17.1. The molecule has 2 rings (SSSR count). The molecule has 31 heavy (non-hydrogen) atoms. The lowest BCUT2D eigenvalue weighted by Crippen LogP contribution is -2.14. The lowest BCUT2D eigenvalue weighted by Gasteiger charge is -2.14. The normalized spacial score (nSPS) is 12.1. The Morgan fingerprint density at radius 3 is 2.00 bits per heavy atom. The number of halogens is 6. The number of hydrogen-bond acceptors (Lipinski definition) is 5. The van der Waals surface area contributed by atoms with Crippen molar-refractivity contribution >= 4 is 16.2 Å². The van der Waals surface area contributed by atoms with Gasteiger partial charge in [0.1, 0.15) is 6.61 Å². The van der Waals surface area contributed by atoms with E-state index in [4.69, 9.17) is 18.0 Å². The van der Waals surface area contributed by atoms with Gasteiger partial charge in [0.05, 0.1) is 16.8 Å². The second-order valence-corrected chi connectivity index (χ2v) is 6.61. The lowest BCUT2D eigenvalue weighted by molar-refractivity contribution is -0.138. The van der Waals surface area contributed by atoms with Gasteiger partial charge in [0.2, 0.25) is 0 Å². The molecule has 0 saturated heterocycles. The summed E-state index contributed by atoms with van der Waals surface area (Å²) in [6.07, 6.45) is -8.78. The van der Waals surface area contributed by atoms with Crippen LogP contribution in [0.3, 0.4) is 0 Å². The molecule has 5 nitrogen and oxygen atoms in total. The second-order valence-electron chi connectivity index (χ2n) is 6.14. The van der Waals surface area contributed by atoms with E-state index in [1.54, 1.807) is 19.9 Å². The van der Waals surface area contributed by atoms with E-state index in [1.807, 2.05) is 0 Å². The Bertz CT molecular complexity index is 1010. The van der Waals surface area contributed by atoms with Crippen molar-refractivity contribution < 1.29 is 39.6 Å². The van der Waals surface area contributed by atoms with Crippen LogP contribution in [0.5, 0.6) is 0 Å². The fourth-order valence-electron chi connectivity index (χ4n) is 2.42. The van der Waals surface area contributed by atoms with Crippen LogP contribution in [0.1, 0.15) is 41.2 Å². The highest BCUT2D eigenvalue weighted by Crippen LogP contribution is 2.33. The van der Waals surface area contributed by atoms with Gasteiger partial charge in [-0.1, -0.05) is 41.9 Å². The van der Waals surface area contributed by atoms with E-state index >= 15 is 0 Å². The van der Waals surface area contributed by atoms with E-state index in [0.717, 1.165) is 18.2 Å². The monoisotopic (exact) mass is 468 g/mol. The van der Waals surface area contributed by atoms with Crippen molar-refractivity contribution in [1.82, 2.24) is 0 Å². The Hall–Kier alpha value is -2.89. The van der Waals surface area contributed by atoms with Gasteiger partial charge in [-0.25, -0.2) is 0 Å². The van der Waals surface area contributed by atoms with E-state index in [1.165, 1.54) is 18.2 Å². The maximum Gasteiger partial charge on any atom is 0.417 e. The smallest absolute Gasteiger partial charge is 0.391 e. The molecule has 1 N–H and O–H groups in total. The molecule has 2 aromatic rings. The van der Waals surface area contributed by atoms with Crippen molar-refractivity contribution in [2.45, 2.75) is 39.2 Å². The van der Waals surface area contributed by atoms with E-state index < -0.39 is 34.0 Å². The minimum atomic E-state index is -4.54. The SMILES string of the molecule is CC/C(=N/OCc1ccc(C(F)(F)F)cc1)c1ccc(C)cc1C(F)(F)F.N=S(=O)=O. The lowest BCUT2D eigenvalue weighted by atomic mass is 9.99. The molecule has 0 spiro atoms. The standard InChI is InChI=1S/C19H17F6NO.HNO2S/c1-3-17(15-9-4-12(2)10-16(15)19(23,24)25)26-27-11-13-5-7-14(8-6-13)18(20,21)22;1-4(2)3/h4-10H,3,11H2,1-2H3;1H/b26-17-;. The molecule has 0 bridgehead atoms. The first kappa shape index (κ1) is 26.1. The summed E-state index contributed by atoms with van der Waals surface area (Å²) in [5, 5.41) is 3.78. The van der Waals surface area contributed by atoms with Crippen LogP contribution >= 0.6 is 0 Å². The average Bonchev–Trinajstić information content (AvgIpc) is 2.64. The average molecular weight is 468 g/mol. The third kappa shape index (κ3) is 8.79. The summed E-state index contributed by atoms with van der Waals surface area (Å²) < 4.78 is 100. The first-order valence-corrected chi connectivity index (χ1v) is 9.66. The fraction of sp³-hybridized carbons (Fsp3) is 0.316. The summed E-state index contributed by atoms with van der Waals surface area (Å²) in [4.78, 5) is 5.09. The zero-order chi connectivity index (χ0) is 23.8. The summed E-state index contributed by atoms with van der Waals surface area (Å²) in [7, 11) is -2.61. The number of nitrogens with one attached hydrogen (secondary N) is 1. The molecule has 0 atom stereocenters. The number of nitrogens with zero attached hydrogens (tertiary/aromatic N) is 1. The van der Waals surface area contributed by atoms with Gasteiger partial charge in [-0.2, -0.15) is 39.5 Å². The Morgan fingerprint density at radius 2 is 1.55 bits per heavy atom. The van der Waals surface area contributed by atoms with Gasteiger partial charge in [0, 0.05) is 5.56 Å². The van der Waals surface area contributed by atoms with Gasteiger partial charge in [-0.15, -0.1) is 0 Å². The van der Waals surface area contributed by atoms with E-state index in [9.17, 15) is 26.3 Å². The van der Waals surface area contributed by atoms with Crippen LogP contribution < -0.4 is 0 Å². The van der Waals surface area contributed by atoms with Crippen LogP contribution in [0.4, 0.5) is 26.3 Å². The molecule has 0 fully saturated rings. The topological polar surface area (TPSA) is 79.6 Å². The van der Waals surface area contributed by atoms with Crippen molar-refractivity contribution in [2.75, 3.05) is 0 Å². The Morgan fingerprint density at radius 1 is 1.00 bits per heavy atom. The van der Waals surface area contributed by atoms with Gasteiger partial charge >= 0.3 is 22.9 Å². The van der Waals surface area contributed by atoms with Crippen LogP contribution in [-0.2, 0) is 34.3 Å². The van der Waals surface area contributed by atoms with E-state index in [2.05, 4.69) is 5.16 Å². The number of hydrogen-bond donors (Lipinski definition) is 1. The molecule has 0 aliphatic heterocycles. The minimum absolute atomic E-state index is 0.0805. The third-order valence-electron chi connectivity index (χ3n) is 3.81. The summed E-state index contributed by atoms with van der Waals surface area (Å²) >= 11 is 0. The Kier molecular flexibility index (Phi) is 9.22. The molecule has 2 aromatic carbocycles. The van der Waals surface area contributed by atoms with Crippen molar-refractivity contribution in [3.63, 3.8) is 0 Å². The molecule has 12 heteroatoms. The van der Waals surface area contributed by atoms with Crippen LogP contribution in [0.15, 0.2) is 47.6 Å². The molecular weight excluding hydrogens is 450 g/mol. The molecule has 0 unspecified atom stereocenters. The molecule has 170 valence electrons. The molecule has 0 radical (unpaired) electrons. The summed E-state index contributed by atoms with van der Waals surface area (Å²) in [6.45, 7) is 3.04. The Balaban J connectivity index is 0.00000110. The highest BCUT2D eigenvalue weighted by Gasteiger charge is 2.34. The summed E-state index contributed by atoms with van der Waals surface area (Å²) in [5.41, 5.74) is -0.689. The fourth-order valence-corrected chi connectivity index (χ4v) is 2.42. The second kappa shape index (κ2) is 10.9. The molecule has 0 heterocycles. The predicted molar refractivity (Wildman–Crippen MR) is 101 cm³/mol. The van der Waals surface area contributed by atoms with Crippen molar-refractivity contribution in [1.29, 1.82) is 4.78 Å². The molecule has 0 saturated carbocycles. The van der Waals surface area contributed by atoms with Crippen molar-refractivity contribution in [2.24, 2.45) is 5.16 Å². The molecular formula is C19H18F6N2O3S. The number of alkyl halides is 6. The van der Waals surface area contributed by atoms with Crippen LogP contribution in [-0.4, -0.2) is 14.1 Å². The van der Waals surface area contributed by atoms with Gasteiger partial charge in [-0.3, -0.25) is 0 Å². The molecule has 0 aliphatic rings. The molecule has 0 aliphatic carbocycles. The van der Waals surface area contributed by atoms with E-state index in [0.29, 0.717) is 11.1 Å². The first-order chi connectivity index (χ1) is 14.3. The highest BCUT2D eigenvalue weighted by atomic mass is 32.2. The third-order valence-corrected chi connectivity index (χ3v) is 3.81. The first-order valence-electron chi connectivity index (χ1n) is 8.59. The zero-order valence-electron chi connectivity index (χ0n) is 16.3. The maximum atomic E-state index is 13.3. The van der Waals surface area contributed by atoms with Crippen LogP contribution in [0, 0.1) is 11.7 Å². The Labute approximate surface area is 175 Å². The van der Waals surface area contributed by atoms with Crippen molar-refractivity contribution in [3.05, 3.63) is 70.3 Å². The van der Waals surface area contributed by atoms with E-state index in [-0.39, 0.29) is 24.3 Å². The van der Waals surface area contributed by atoms with Gasteiger partial charge in [0.15, 0.2) is 0 Å². The number of rotatable bonds is 5. The number of oxime groups is 1. The van der Waals surface area contributed by atoms with Crippen molar-refractivity contribution in [3.8, 4) is 0 Å². The predicted octanol–water partition coefficient (Wildman–Crippen LogP) is 5.99. The highest BCUT2D eigenvalue weighted by molar-refractivity contribution is 7.60. The maximum absolute atomic E-state index is 13.3. The summed E-state index contributed by atoms with van der Waals surface area (Å²) in [6, 6.07) is 8.20. The van der Waals surface area contributed by atoms with Gasteiger partial charge in [0.25, 0.3) is 0 Å². The molecule has 0 amide bonds. The van der Waals surface area contributed by atoms with Crippen LogP contribution in [0.25, 0.3) is 0 Å². The van der Waals surface area contributed by atoms with Gasteiger partial charge in [-0.05, 0) is 37.1 Å². The largest absolute Gasteiger partial charge is 0.417 e.